The largest absolute Gasteiger partial charge is 0.490 e. The third-order valence-corrected chi connectivity index (χ3v) is 3.55. The average Bonchev–Trinajstić information content (AvgIpc) is 2.97. The Labute approximate surface area is 149 Å². The molecule has 0 aliphatic carbocycles. The van der Waals surface area contributed by atoms with Crippen molar-refractivity contribution in [2.45, 2.75) is 20.8 Å². The molecular formula is C17H19BrN2O4. The van der Waals surface area contributed by atoms with Gasteiger partial charge in [-0.1, -0.05) is 0 Å². The summed E-state index contributed by atoms with van der Waals surface area (Å²) in [6.07, 6.45) is 1.52. The Morgan fingerprint density at radius 3 is 2.67 bits per heavy atom. The molecule has 24 heavy (non-hydrogen) atoms. The first-order valence-electron chi connectivity index (χ1n) is 7.54. The van der Waals surface area contributed by atoms with Crippen LogP contribution in [0, 0.1) is 6.92 Å². The number of nitrogens with one attached hydrogen (secondary N) is 1. The van der Waals surface area contributed by atoms with Crippen LogP contribution in [0.5, 0.6) is 11.5 Å². The van der Waals surface area contributed by atoms with Crippen LogP contribution < -0.4 is 14.9 Å². The van der Waals surface area contributed by atoms with Crippen LogP contribution in [0.25, 0.3) is 0 Å². The van der Waals surface area contributed by atoms with Crippen molar-refractivity contribution in [3.63, 3.8) is 0 Å². The van der Waals surface area contributed by atoms with Gasteiger partial charge in [0.1, 0.15) is 5.76 Å². The van der Waals surface area contributed by atoms with Crippen LogP contribution in [0.4, 0.5) is 0 Å². The molecule has 0 radical (unpaired) electrons. The molecule has 0 saturated heterocycles. The molecule has 2 aromatic rings. The third kappa shape index (κ3) is 4.61. The number of amides is 1. The number of hydrogen-bond acceptors (Lipinski definition) is 5. The Morgan fingerprint density at radius 1 is 1.29 bits per heavy atom. The van der Waals surface area contributed by atoms with Crippen molar-refractivity contribution in [1.82, 2.24) is 5.43 Å². The molecule has 1 amide bonds. The van der Waals surface area contributed by atoms with E-state index in [4.69, 9.17) is 13.9 Å². The number of carbonyl (C=O) groups excluding carboxylic acids is 1. The fourth-order valence-electron chi connectivity index (χ4n) is 1.99. The molecule has 7 heteroatoms. The molecule has 1 heterocycles. The molecular weight excluding hydrogens is 376 g/mol. The number of aryl methyl sites for hydroxylation is 1. The van der Waals surface area contributed by atoms with E-state index in [9.17, 15) is 4.79 Å². The summed E-state index contributed by atoms with van der Waals surface area (Å²) in [5.74, 6) is 1.73. The second-order valence-electron chi connectivity index (χ2n) is 4.81. The lowest BCUT2D eigenvalue weighted by atomic mass is 10.2. The van der Waals surface area contributed by atoms with Crippen molar-refractivity contribution in [3.05, 3.63) is 45.8 Å². The van der Waals surface area contributed by atoms with Crippen molar-refractivity contribution in [2.75, 3.05) is 13.2 Å². The van der Waals surface area contributed by atoms with Crippen LogP contribution in [0.1, 0.15) is 35.7 Å². The molecule has 1 aromatic carbocycles. The van der Waals surface area contributed by atoms with Crippen LogP contribution in [0.15, 0.2) is 38.3 Å². The van der Waals surface area contributed by atoms with Gasteiger partial charge in [-0.3, -0.25) is 4.79 Å². The van der Waals surface area contributed by atoms with Gasteiger partial charge in [0, 0.05) is 0 Å². The summed E-state index contributed by atoms with van der Waals surface area (Å²) in [4.78, 5) is 11.9. The predicted molar refractivity (Wildman–Crippen MR) is 95.0 cm³/mol. The summed E-state index contributed by atoms with van der Waals surface area (Å²) in [6.45, 7) is 6.62. The topological polar surface area (TPSA) is 73.1 Å². The summed E-state index contributed by atoms with van der Waals surface area (Å²) in [5, 5.41) is 3.94. The molecule has 6 nitrogen and oxygen atoms in total. The van der Waals surface area contributed by atoms with Crippen molar-refractivity contribution in [3.8, 4) is 11.5 Å². The van der Waals surface area contributed by atoms with Crippen molar-refractivity contribution < 1.29 is 18.7 Å². The van der Waals surface area contributed by atoms with E-state index in [0.717, 1.165) is 10.0 Å². The maximum Gasteiger partial charge on any atom is 0.307 e. The summed E-state index contributed by atoms with van der Waals surface area (Å²) in [7, 11) is 0. The van der Waals surface area contributed by atoms with Gasteiger partial charge in [-0.15, -0.1) is 0 Å². The van der Waals surface area contributed by atoms with E-state index in [1.807, 2.05) is 19.9 Å². The molecule has 0 bridgehead atoms. The minimum absolute atomic E-state index is 0.215. The SMILES string of the molecule is CCOc1cc(/C=N\NC(=O)c2ccc(C)o2)cc(Br)c1OCC. The van der Waals surface area contributed by atoms with E-state index in [0.29, 0.717) is 30.5 Å². The zero-order valence-corrected chi connectivity index (χ0v) is 15.3. The summed E-state index contributed by atoms with van der Waals surface area (Å²) < 4.78 is 17.2. The normalized spacial score (nSPS) is 10.8. The molecule has 128 valence electrons. The van der Waals surface area contributed by atoms with Crippen molar-refractivity contribution >= 4 is 28.1 Å². The fraction of sp³-hybridized carbons (Fsp3) is 0.294. The summed E-state index contributed by atoms with van der Waals surface area (Å²) >= 11 is 3.46. The first-order chi connectivity index (χ1) is 11.5. The standard InChI is InChI=1S/C17H19BrN2O4/c1-4-22-15-9-12(8-13(18)16(15)23-5-2)10-19-20-17(21)14-7-6-11(3)24-14/h6-10H,4-5H2,1-3H3,(H,20,21)/b19-10-. The molecule has 2 rings (SSSR count). The van der Waals surface area contributed by atoms with E-state index in [2.05, 4.69) is 26.5 Å². The quantitative estimate of drug-likeness (QED) is 0.570. The second-order valence-corrected chi connectivity index (χ2v) is 5.66. The Bertz CT molecular complexity index is 740. The average molecular weight is 395 g/mol. The van der Waals surface area contributed by atoms with Gasteiger partial charge in [-0.25, -0.2) is 5.43 Å². The van der Waals surface area contributed by atoms with E-state index >= 15 is 0 Å². The van der Waals surface area contributed by atoms with Crippen LogP contribution in [-0.2, 0) is 0 Å². The van der Waals surface area contributed by atoms with Gasteiger partial charge in [-0.2, -0.15) is 5.10 Å². The number of rotatable bonds is 7. The summed E-state index contributed by atoms with van der Waals surface area (Å²) in [5.41, 5.74) is 3.18. The number of hydrazone groups is 1. The molecule has 0 saturated carbocycles. The monoisotopic (exact) mass is 394 g/mol. The predicted octanol–water partition coefficient (Wildman–Crippen LogP) is 3.91. The van der Waals surface area contributed by atoms with Crippen molar-refractivity contribution in [2.24, 2.45) is 5.10 Å². The van der Waals surface area contributed by atoms with Gasteiger partial charge in [0.05, 0.1) is 23.9 Å². The second kappa shape index (κ2) is 8.54. The molecule has 1 N–H and O–H groups in total. The zero-order chi connectivity index (χ0) is 17.5. The van der Waals surface area contributed by atoms with Gasteiger partial charge in [0.25, 0.3) is 0 Å². The first-order valence-corrected chi connectivity index (χ1v) is 8.33. The highest BCUT2D eigenvalue weighted by molar-refractivity contribution is 9.10. The highest BCUT2D eigenvalue weighted by atomic mass is 79.9. The van der Waals surface area contributed by atoms with Crippen molar-refractivity contribution in [1.29, 1.82) is 0 Å². The fourth-order valence-corrected chi connectivity index (χ4v) is 2.56. The molecule has 0 fully saturated rings. The van der Waals surface area contributed by atoms with E-state index < -0.39 is 5.91 Å². The van der Waals surface area contributed by atoms with E-state index in [-0.39, 0.29) is 5.76 Å². The first kappa shape index (κ1) is 18.1. The van der Waals surface area contributed by atoms with Gasteiger partial charge in [-0.05, 0) is 66.5 Å². The van der Waals surface area contributed by atoms with E-state index in [1.165, 1.54) is 6.21 Å². The third-order valence-electron chi connectivity index (χ3n) is 2.96. The highest BCUT2D eigenvalue weighted by Gasteiger charge is 2.12. The minimum atomic E-state index is -0.408. The Hall–Kier alpha value is -2.28. The Kier molecular flexibility index (Phi) is 6.43. The lowest BCUT2D eigenvalue weighted by Crippen LogP contribution is -2.16. The van der Waals surface area contributed by atoms with Crippen LogP contribution in [0.3, 0.4) is 0 Å². The maximum atomic E-state index is 11.9. The number of halogens is 1. The Balaban J connectivity index is 2.12. The number of ether oxygens (including phenoxy) is 2. The molecule has 1 aromatic heterocycles. The van der Waals surface area contributed by atoms with Gasteiger partial charge < -0.3 is 13.9 Å². The molecule has 0 spiro atoms. The van der Waals surface area contributed by atoms with Crippen LogP contribution in [0.2, 0.25) is 0 Å². The summed E-state index contributed by atoms with van der Waals surface area (Å²) in [6, 6.07) is 6.95. The number of nitrogens with zero attached hydrogens (tertiary/aromatic N) is 1. The van der Waals surface area contributed by atoms with Crippen LogP contribution in [-0.4, -0.2) is 25.3 Å². The Morgan fingerprint density at radius 2 is 2.04 bits per heavy atom. The minimum Gasteiger partial charge on any atom is -0.490 e. The molecule has 0 aliphatic heterocycles. The van der Waals surface area contributed by atoms with Crippen LogP contribution >= 0.6 is 15.9 Å². The lowest BCUT2D eigenvalue weighted by Gasteiger charge is -2.13. The number of hydrogen-bond donors (Lipinski definition) is 1. The maximum absolute atomic E-state index is 11.9. The zero-order valence-electron chi connectivity index (χ0n) is 13.8. The number of furan rings is 1. The van der Waals surface area contributed by atoms with Gasteiger partial charge in [0.15, 0.2) is 17.3 Å². The molecule has 0 unspecified atom stereocenters. The molecule has 0 atom stereocenters. The molecule has 0 aliphatic rings. The lowest BCUT2D eigenvalue weighted by molar-refractivity contribution is 0.0926. The number of carbonyl (C=O) groups is 1. The number of benzene rings is 1. The van der Waals surface area contributed by atoms with Gasteiger partial charge >= 0.3 is 5.91 Å². The smallest absolute Gasteiger partial charge is 0.307 e. The van der Waals surface area contributed by atoms with E-state index in [1.54, 1.807) is 25.1 Å². The van der Waals surface area contributed by atoms with Gasteiger partial charge in [0.2, 0.25) is 0 Å². The highest BCUT2D eigenvalue weighted by Crippen LogP contribution is 2.36.